The maximum Gasteiger partial charge on any atom is 0.244 e. The van der Waals surface area contributed by atoms with Crippen molar-refractivity contribution in [3.63, 3.8) is 0 Å². The van der Waals surface area contributed by atoms with Crippen LogP contribution in [0.15, 0.2) is 79.4 Å². The van der Waals surface area contributed by atoms with Crippen LogP contribution in [0, 0.1) is 10.8 Å². The summed E-state index contributed by atoms with van der Waals surface area (Å²) in [6.07, 6.45) is 9.58. The highest BCUT2D eigenvalue weighted by Gasteiger charge is 2.50. The number of hydrogen-bond acceptors (Lipinski definition) is 7. The normalized spacial score (nSPS) is 13.3. The van der Waals surface area contributed by atoms with Crippen molar-refractivity contribution in [2.45, 2.75) is 31.7 Å². The SMILES string of the molecule is CCn1cc(-c2ccc(-c3cnc(=N)n(C(=N)C4(c5ccc6ncccc6c5)CC4)n3)cc2)cn1.CNC=O. The number of hydrogen-bond donors (Lipinski definition) is 3. The number of pyridine rings is 1. The maximum atomic E-state index is 9.06. The van der Waals surface area contributed by atoms with Crippen molar-refractivity contribution in [1.82, 2.24) is 34.8 Å². The van der Waals surface area contributed by atoms with Crippen LogP contribution in [0.1, 0.15) is 25.3 Å². The molecule has 0 radical (unpaired) electrons. The Kier molecular flexibility index (Phi) is 7.09. The van der Waals surface area contributed by atoms with Gasteiger partial charge in [0.1, 0.15) is 11.5 Å². The number of amides is 1. The lowest BCUT2D eigenvalue weighted by molar-refractivity contribution is -0.109. The molecule has 1 amide bonds. The Morgan fingerprint density at radius 1 is 1.05 bits per heavy atom. The van der Waals surface area contributed by atoms with Gasteiger partial charge in [-0.05, 0) is 49.1 Å². The predicted octanol–water partition coefficient (Wildman–Crippen LogP) is 3.78. The number of benzene rings is 2. The number of carbonyl (C=O) groups excluding carboxylic acids is 1. The molecule has 0 spiro atoms. The van der Waals surface area contributed by atoms with E-state index in [2.05, 4.69) is 38.5 Å². The van der Waals surface area contributed by atoms with Gasteiger partial charge in [-0.1, -0.05) is 36.4 Å². The summed E-state index contributed by atoms with van der Waals surface area (Å²) >= 11 is 0. The predicted molar refractivity (Wildman–Crippen MR) is 149 cm³/mol. The number of fused-ring (bicyclic) bond motifs is 1. The molecular weight excluding hydrogens is 490 g/mol. The minimum atomic E-state index is -0.457. The first-order chi connectivity index (χ1) is 19.0. The average Bonchev–Trinajstić information content (AvgIpc) is 3.66. The van der Waals surface area contributed by atoms with Crippen molar-refractivity contribution in [3.05, 3.63) is 90.6 Å². The van der Waals surface area contributed by atoms with Gasteiger partial charge in [-0.3, -0.25) is 25.3 Å². The van der Waals surface area contributed by atoms with E-state index >= 15 is 0 Å². The van der Waals surface area contributed by atoms with Crippen LogP contribution in [0.4, 0.5) is 0 Å². The van der Waals surface area contributed by atoms with Crippen molar-refractivity contribution in [2.75, 3.05) is 7.05 Å². The van der Waals surface area contributed by atoms with Crippen LogP contribution in [0.2, 0.25) is 0 Å². The molecule has 1 saturated carbocycles. The molecule has 10 nitrogen and oxygen atoms in total. The van der Waals surface area contributed by atoms with Gasteiger partial charge >= 0.3 is 0 Å². The monoisotopic (exact) mass is 519 g/mol. The molecule has 3 N–H and O–H groups in total. The number of carbonyl (C=O) groups is 1. The number of aromatic nitrogens is 6. The largest absolute Gasteiger partial charge is 0.362 e. The van der Waals surface area contributed by atoms with E-state index in [4.69, 9.17) is 15.6 Å². The smallest absolute Gasteiger partial charge is 0.244 e. The van der Waals surface area contributed by atoms with Crippen LogP contribution >= 0.6 is 0 Å². The zero-order valence-electron chi connectivity index (χ0n) is 21.8. The highest BCUT2D eigenvalue weighted by atomic mass is 16.1. The first-order valence-corrected chi connectivity index (χ1v) is 12.7. The molecule has 6 rings (SSSR count). The molecule has 1 fully saturated rings. The molecule has 1 aliphatic rings. The molecular formula is C29H29N9O. The summed E-state index contributed by atoms with van der Waals surface area (Å²) in [5, 5.41) is 29.7. The first-order valence-electron chi connectivity index (χ1n) is 12.7. The second-order valence-electron chi connectivity index (χ2n) is 9.29. The van der Waals surface area contributed by atoms with Gasteiger partial charge in [-0.15, -0.1) is 0 Å². The molecule has 0 atom stereocenters. The second-order valence-corrected chi connectivity index (χ2v) is 9.29. The molecule has 3 heterocycles. The maximum absolute atomic E-state index is 9.06. The number of nitrogens with one attached hydrogen (secondary N) is 3. The van der Waals surface area contributed by atoms with Crippen molar-refractivity contribution in [1.29, 1.82) is 10.8 Å². The zero-order valence-corrected chi connectivity index (χ0v) is 21.8. The highest BCUT2D eigenvalue weighted by molar-refractivity contribution is 5.95. The molecule has 0 saturated heterocycles. The lowest BCUT2D eigenvalue weighted by Gasteiger charge is -2.19. The Morgan fingerprint density at radius 2 is 1.79 bits per heavy atom. The first kappa shape index (κ1) is 25.7. The summed E-state index contributed by atoms with van der Waals surface area (Å²) in [5.74, 6) is 0.281. The zero-order chi connectivity index (χ0) is 27.4. The van der Waals surface area contributed by atoms with Crippen LogP contribution in [0.25, 0.3) is 33.3 Å². The third-order valence-electron chi connectivity index (χ3n) is 6.88. The third-order valence-corrected chi connectivity index (χ3v) is 6.88. The Bertz CT molecular complexity index is 1700. The fourth-order valence-electron chi connectivity index (χ4n) is 4.53. The molecule has 0 unspecified atom stereocenters. The highest BCUT2D eigenvalue weighted by Crippen LogP contribution is 2.49. The molecule has 196 valence electrons. The quantitative estimate of drug-likeness (QED) is 0.178. The van der Waals surface area contributed by atoms with E-state index in [0.29, 0.717) is 12.1 Å². The molecule has 5 aromatic rings. The van der Waals surface area contributed by atoms with Gasteiger partial charge in [0.2, 0.25) is 12.0 Å². The Hall–Kier alpha value is -4.99. The number of aryl methyl sites for hydroxylation is 1. The lowest BCUT2D eigenvalue weighted by Crippen LogP contribution is -2.38. The molecule has 1 aliphatic carbocycles. The number of rotatable bonds is 6. The Labute approximate surface area is 225 Å². The summed E-state index contributed by atoms with van der Waals surface area (Å²) in [4.78, 5) is 17.7. The van der Waals surface area contributed by atoms with E-state index in [1.807, 2.05) is 65.6 Å². The lowest BCUT2D eigenvalue weighted by atomic mass is 9.93. The van der Waals surface area contributed by atoms with Crippen LogP contribution in [-0.4, -0.2) is 48.8 Å². The molecule has 2 aromatic carbocycles. The van der Waals surface area contributed by atoms with Gasteiger partial charge in [-0.2, -0.15) is 14.9 Å². The van der Waals surface area contributed by atoms with E-state index in [9.17, 15) is 0 Å². The van der Waals surface area contributed by atoms with Gasteiger partial charge in [0.05, 0.1) is 23.3 Å². The van der Waals surface area contributed by atoms with E-state index in [-0.39, 0.29) is 11.5 Å². The van der Waals surface area contributed by atoms with Crippen molar-refractivity contribution >= 4 is 23.1 Å². The van der Waals surface area contributed by atoms with Crippen LogP contribution < -0.4 is 10.9 Å². The number of nitrogens with zero attached hydrogens (tertiary/aromatic N) is 6. The Balaban J connectivity index is 0.000000723. The molecule has 3 aromatic heterocycles. The van der Waals surface area contributed by atoms with E-state index in [1.54, 1.807) is 19.4 Å². The summed E-state index contributed by atoms with van der Waals surface area (Å²) < 4.78 is 3.27. The van der Waals surface area contributed by atoms with Crippen molar-refractivity contribution in [3.8, 4) is 22.4 Å². The fraction of sp³-hybridized carbons (Fsp3) is 0.207. The van der Waals surface area contributed by atoms with Gasteiger partial charge in [0.15, 0.2) is 0 Å². The van der Waals surface area contributed by atoms with Crippen molar-refractivity contribution in [2.24, 2.45) is 0 Å². The second kappa shape index (κ2) is 10.8. The van der Waals surface area contributed by atoms with Gasteiger partial charge < -0.3 is 5.32 Å². The molecule has 0 aliphatic heterocycles. The van der Waals surface area contributed by atoms with E-state index in [1.165, 1.54) is 4.68 Å². The summed E-state index contributed by atoms with van der Waals surface area (Å²) in [6, 6.07) is 18.1. The fourth-order valence-corrected chi connectivity index (χ4v) is 4.53. The van der Waals surface area contributed by atoms with Crippen LogP contribution in [0.5, 0.6) is 0 Å². The standard InChI is InChI=1S/C27H24N8.C2H5NO/c1-2-34-17-21(15-32-34)18-5-7-19(8-6-18)24-16-31-26(29)35(33-24)25(28)27(11-12-27)22-9-10-23-20(14-22)4-3-13-30-23;1-3-2-4/h3-10,13-17,28-29H,2,11-12H2,1H3;2H,1H3,(H,3,4). The van der Waals surface area contributed by atoms with Crippen molar-refractivity contribution < 1.29 is 4.79 Å². The minimum Gasteiger partial charge on any atom is -0.362 e. The van der Waals surface area contributed by atoms with E-state index in [0.717, 1.165) is 52.5 Å². The Morgan fingerprint density at radius 3 is 2.46 bits per heavy atom. The summed E-state index contributed by atoms with van der Waals surface area (Å²) in [6.45, 7) is 2.89. The van der Waals surface area contributed by atoms with E-state index < -0.39 is 5.41 Å². The van der Waals surface area contributed by atoms with Gasteiger partial charge in [-0.25, -0.2) is 4.98 Å². The summed E-state index contributed by atoms with van der Waals surface area (Å²) in [7, 11) is 1.56. The van der Waals surface area contributed by atoms with Crippen LogP contribution in [-0.2, 0) is 16.8 Å². The van der Waals surface area contributed by atoms with Crippen LogP contribution in [0.3, 0.4) is 0 Å². The minimum absolute atomic E-state index is 0.0453. The molecule has 0 bridgehead atoms. The average molecular weight is 520 g/mol. The van der Waals surface area contributed by atoms with Gasteiger partial charge in [0, 0.05) is 42.5 Å². The summed E-state index contributed by atoms with van der Waals surface area (Å²) in [5.41, 5.74) is 5.12. The van der Waals surface area contributed by atoms with Gasteiger partial charge in [0.25, 0.3) is 0 Å². The third kappa shape index (κ3) is 5.08. The molecule has 39 heavy (non-hydrogen) atoms. The molecule has 10 heteroatoms. The topological polar surface area (TPSA) is 138 Å².